The Labute approximate surface area is 182 Å². The average molecular weight is 436 g/mol. The van der Waals surface area contributed by atoms with Crippen LogP contribution in [0.1, 0.15) is 46.7 Å². The van der Waals surface area contributed by atoms with Gasteiger partial charge < -0.3 is 15.1 Å². The van der Waals surface area contributed by atoms with Crippen LogP contribution < -0.4 is 10.6 Å². The third-order valence-corrected chi connectivity index (χ3v) is 5.40. The van der Waals surface area contributed by atoms with E-state index in [0.717, 1.165) is 5.69 Å². The highest BCUT2D eigenvalue weighted by atomic mass is 32.1. The molecule has 2 amide bonds. The highest BCUT2D eigenvalue weighted by Gasteiger charge is 2.22. The number of rotatable bonds is 5. The summed E-state index contributed by atoms with van der Waals surface area (Å²) in [5, 5.41) is 10.8. The first kappa shape index (κ1) is 20.5. The van der Waals surface area contributed by atoms with Gasteiger partial charge in [-0.3, -0.25) is 9.59 Å². The zero-order chi connectivity index (χ0) is 22.0. The summed E-state index contributed by atoms with van der Waals surface area (Å²) in [6.45, 7) is 6.16. The summed E-state index contributed by atoms with van der Waals surface area (Å²) in [6.07, 6.45) is 3.10. The van der Waals surface area contributed by atoms with Crippen molar-refractivity contribution in [2.24, 2.45) is 0 Å². The third kappa shape index (κ3) is 4.56. The monoisotopic (exact) mass is 435 g/mol. The molecule has 0 bridgehead atoms. The van der Waals surface area contributed by atoms with Crippen LogP contribution in [0.2, 0.25) is 0 Å². The Bertz CT molecular complexity index is 1200. The van der Waals surface area contributed by atoms with Gasteiger partial charge in [-0.25, -0.2) is 4.98 Å². The van der Waals surface area contributed by atoms with Crippen LogP contribution in [0.25, 0.3) is 5.82 Å². The molecule has 0 radical (unpaired) electrons. The van der Waals surface area contributed by atoms with Gasteiger partial charge in [0.2, 0.25) is 0 Å². The van der Waals surface area contributed by atoms with Crippen molar-refractivity contribution in [3.8, 4) is 5.82 Å². The Hall–Kier alpha value is -3.72. The van der Waals surface area contributed by atoms with E-state index in [2.05, 4.69) is 41.5 Å². The summed E-state index contributed by atoms with van der Waals surface area (Å²) in [7, 11) is 0. The van der Waals surface area contributed by atoms with Crippen LogP contribution in [-0.2, 0) is 5.41 Å². The van der Waals surface area contributed by atoms with Gasteiger partial charge in [0.15, 0.2) is 11.6 Å². The van der Waals surface area contributed by atoms with Gasteiger partial charge in [-0.2, -0.15) is 9.78 Å². The van der Waals surface area contributed by atoms with E-state index in [9.17, 15) is 9.59 Å². The van der Waals surface area contributed by atoms with Gasteiger partial charge >= 0.3 is 0 Å². The maximum Gasteiger partial charge on any atom is 0.291 e. The van der Waals surface area contributed by atoms with Crippen molar-refractivity contribution in [2.45, 2.75) is 26.2 Å². The van der Waals surface area contributed by atoms with E-state index in [4.69, 9.17) is 4.42 Å². The molecule has 9 heteroatoms. The van der Waals surface area contributed by atoms with Crippen LogP contribution in [0.15, 0.2) is 65.4 Å². The first-order valence-corrected chi connectivity index (χ1v) is 10.4. The minimum atomic E-state index is -0.373. The van der Waals surface area contributed by atoms with Crippen LogP contribution in [0.4, 0.5) is 10.8 Å². The molecule has 8 nitrogen and oxygen atoms in total. The second-order valence-corrected chi connectivity index (χ2v) is 8.90. The number of carbonyl (C=O) groups excluding carboxylic acids is 2. The standard InChI is InChI=1S/C22H21N5O3S/c1-22(2,3)16-13-18(27(26-16)17-8-4-5-11-23-17)24-21(29)15-9-10-19(31-15)25-20(28)14-7-6-12-30-14/h4-13H,1-3H3,(H,24,29)(H,25,28). The summed E-state index contributed by atoms with van der Waals surface area (Å²) in [4.78, 5) is 29.8. The zero-order valence-electron chi connectivity index (χ0n) is 17.2. The van der Waals surface area contributed by atoms with E-state index in [0.29, 0.717) is 21.5 Å². The molecule has 4 aromatic heterocycles. The molecule has 0 saturated carbocycles. The molecule has 0 spiro atoms. The van der Waals surface area contributed by atoms with Gasteiger partial charge in [-0.05, 0) is 36.4 Å². The maximum absolute atomic E-state index is 12.9. The van der Waals surface area contributed by atoms with Crippen LogP contribution in [0.5, 0.6) is 0 Å². The molecule has 4 aromatic rings. The van der Waals surface area contributed by atoms with Crippen LogP contribution in [0.3, 0.4) is 0 Å². The molecule has 2 N–H and O–H groups in total. The molecule has 0 aromatic carbocycles. The molecule has 0 unspecified atom stereocenters. The third-order valence-electron chi connectivity index (χ3n) is 4.40. The fourth-order valence-corrected chi connectivity index (χ4v) is 3.57. The summed E-state index contributed by atoms with van der Waals surface area (Å²) in [6, 6.07) is 13.9. The van der Waals surface area contributed by atoms with Gasteiger partial charge in [0.1, 0.15) is 5.82 Å². The molecule has 0 atom stereocenters. The largest absolute Gasteiger partial charge is 0.459 e. The molecule has 0 saturated heterocycles. The number of nitrogens with one attached hydrogen (secondary N) is 2. The molecule has 0 aliphatic carbocycles. The van der Waals surface area contributed by atoms with Gasteiger partial charge in [0.05, 0.1) is 21.8 Å². The Morgan fingerprint density at radius 3 is 2.55 bits per heavy atom. The van der Waals surface area contributed by atoms with Crippen molar-refractivity contribution in [1.29, 1.82) is 0 Å². The number of furan rings is 1. The summed E-state index contributed by atoms with van der Waals surface area (Å²) in [5.74, 6) is 0.644. The van der Waals surface area contributed by atoms with Crippen molar-refractivity contribution in [3.63, 3.8) is 0 Å². The lowest BCUT2D eigenvalue weighted by molar-refractivity contribution is 0.0995. The second kappa shape index (κ2) is 8.19. The van der Waals surface area contributed by atoms with Gasteiger partial charge in [0, 0.05) is 17.7 Å². The van der Waals surface area contributed by atoms with Gasteiger partial charge in [0.25, 0.3) is 11.8 Å². The molecule has 0 fully saturated rings. The predicted octanol–water partition coefficient (Wildman–Crippen LogP) is 4.72. The number of amides is 2. The lowest BCUT2D eigenvalue weighted by atomic mass is 9.92. The van der Waals surface area contributed by atoms with E-state index in [1.807, 2.05) is 24.3 Å². The van der Waals surface area contributed by atoms with E-state index in [1.54, 1.807) is 35.1 Å². The van der Waals surface area contributed by atoms with Crippen molar-refractivity contribution in [1.82, 2.24) is 14.8 Å². The van der Waals surface area contributed by atoms with Crippen molar-refractivity contribution in [2.75, 3.05) is 10.6 Å². The van der Waals surface area contributed by atoms with Crippen molar-refractivity contribution < 1.29 is 14.0 Å². The van der Waals surface area contributed by atoms with Gasteiger partial charge in [-0.15, -0.1) is 11.3 Å². The predicted molar refractivity (Wildman–Crippen MR) is 119 cm³/mol. The molecular weight excluding hydrogens is 414 g/mol. The number of nitrogens with zero attached hydrogens (tertiary/aromatic N) is 3. The minimum Gasteiger partial charge on any atom is -0.459 e. The fourth-order valence-electron chi connectivity index (χ4n) is 2.78. The topological polar surface area (TPSA) is 102 Å². The van der Waals surface area contributed by atoms with Gasteiger partial charge in [-0.1, -0.05) is 26.8 Å². The molecule has 4 heterocycles. The first-order valence-electron chi connectivity index (χ1n) is 9.59. The molecule has 31 heavy (non-hydrogen) atoms. The normalized spacial score (nSPS) is 11.3. The number of hydrogen-bond acceptors (Lipinski definition) is 6. The lowest BCUT2D eigenvalue weighted by Crippen LogP contribution is -2.14. The smallest absolute Gasteiger partial charge is 0.291 e. The van der Waals surface area contributed by atoms with E-state index in [-0.39, 0.29) is 23.0 Å². The number of aromatic nitrogens is 3. The Kier molecular flexibility index (Phi) is 5.43. The van der Waals surface area contributed by atoms with Crippen molar-refractivity contribution in [3.05, 3.63) is 77.3 Å². The number of hydrogen-bond donors (Lipinski definition) is 2. The zero-order valence-corrected chi connectivity index (χ0v) is 18.1. The molecular formula is C22H21N5O3S. The van der Waals surface area contributed by atoms with E-state index in [1.165, 1.54) is 17.6 Å². The summed E-state index contributed by atoms with van der Waals surface area (Å²) >= 11 is 1.17. The first-order chi connectivity index (χ1) is 14.8. The molecule has 4 rings (SSSR count). The highest BCUT2D eigenvalue weighted by molar-refractivity contribution is 7.18. The second-order valence-electron chi connectivity index (χ2n) is 7.81. The van der Waals surface area contributed by atoms with Crippen LogP contribution in [0, 0.1) is 0 Å². The fraction of sp³-hybridized carbons (Fsp3) is 0.182. The SMILES string of the molecule is CC(C)(C)c1cc(NC(=O)c2ccc(NC(=O)c3ccco3)s2)n(-c2ccccn2)n1. The average Bonchev–Trinajstić information content (AvgIpc) is 3.49. The Morgan fingerprint density at radius 2 is 1.87 bits per heavy atom. The summed E-state index contributed by atoms with van der Waals surface area (Å²) < 4.78 is 6.70. The Balaban J connectivity index is 1.55. The van der Waals surface area contributed by atoms with Crippen LogP contribution in [-0.4, -0.2) is 26.6 Å². The number of thiophene rings is 1. The highest BCUT2D eigenvalue weighted by Crippen LogP contribution is 2.28. The molecule has 158 valence electrons. The van der Waals surface area contributed by atoms with E-state index < -0.39 is 0 Å². The summed E-state index contributed by atoms with van der Waals surface area (Å²) in [5.41, 5.74) is 0.622. The van der Waals surface area contributed by atoms with Crippen molar-refractivity contribution >= 4 is 34.0 Å². The van der Waals surface area contributed by atoms with Crippen LogP contribution >= 0.6 is 11.3 Å². The molecule has 0 aliphatic rings. The number of carbonyl (C=O) groups is 2. The number of anilines is 2. The minimum absolute atomic E-state index is 0.202. The van der Waals surface area contributed by atoms with E-state index >= 15 is 0 Å². The maximum atomic E-state index is 12.9. The number of pyridine rings is 1. The molecule has 0 aliphatic heterocycles. The lowest BCUT2D eigenvalue weighted by Gasteiger charge is -2.13. The quantitative estimate of drug-likeness (QED) is 0.472. The Morgan fingerprint density at radius 1 is 1.03 bits per heavy atom.